The van der Waals surface area contributed by atoms with Gasteiger partial charge in [-0.15, -0.1) is 0 Å². The smallest absolute Gasteiger partial charge is 0.147 e. The first-order valence-corrected chi connectivity index (χ1v) is 8.32. The maximum atomic E-state index is 5.98. The third kappa shape index (κ3) is 5.33. The van der Waals surface area contributed by atoms with Gasteiger partial charge in [0.25, 0.3) is 0 Å². The minimum atomic E-state index is 0.372. The van der Waals surface area contributed by atoms with Crippen molar-refractivity contribution in [3.8, 4) is 0 Å². The van der Waals surface area contributed by atoms with Crippen LogP contribution in [0.25, 0.3) is 0 Å². The van der Waals surface area contributed by atoms with Crippen molar-refractivity contribution >= 4 is 23.2 Å². The molecule has 1 aromatic carbocycles. The van der Waals surface area contributed by atoms with Gasteiger partial charge in [-0.3, -0.25) is 0 Å². The molecule has 112 valence electrons. The van der Waals surface area contributed by atoms with Crippen LogP contribution in [0.1, 0.15) is 42.9 Å². The molecule has 1 nitrogen and oxygen atoms in total. The van der Waals surface area contributed by atoms with Crippen molar-refractivity contribution in [1.82, 2.24) is 4.98 Å². The fraction of sp³-hybridized carbons (Fsp3) is 0.389. The van der Waals surface area contributed by atoms with Gasteiger partial charge in [0.05, 0.1) is 5.02 Å². The maximum absolute atomic E-state index is 5.98. The molecule has 0 saturated heterocycles. The molecule has 0 N–H and O–H groups in total. The van der Waals surface area contributed by atoms with Crippen molar-refractivity contribution in [2.24, 2.45) is 0 Å². The van der Waals surface area contributed by atoms with Crippen LogP contribution in [-0.4, -0.2) is 4.98 Å². The van der Waals surface area contributed by atoms with Gasteiger partial charge in [-0.2, -0.15) is 0 Å². The molecule has 0 amide bonds. The maximum Gasteiger partial charge on any atom is 0.147 e. The molecule has 1 aromatic heterocycles. The van der Waals surface area contributed by atoms with E-state index in [0.717, 1.165) is 18.4 Å². The molecule has 2 aromatic rings. The van der Waals surface area contributed by atoms with Gasteiger partial charge < -0.3 is 0 Å². The van der Waals surface area contributed by atoms with Gasteiger partial charge in [0.1, 0.15) is 5.15 Å². The number of aromatic nitrogens is 1. The molecule has 0 radical (unpaired) electrons. The van der Waals surface area contributed by atoms with Crippen molar-refractivity contribution in [3.63, 3.8) is 0 Å². The number of rotatable bonds is 7. The Hall–Kier alpha value is -1.05. The lowest BCUT2D eigenvalue weighted by molar-refractivity contribution is 0.717. The van der Waals surface area contributed by atoms with E-state index in [-0.39, 0.29) is 0 Å². The lowest BCUT2D eigenvalue weighted by atomic mass is 10.0. The number of halogens is 2. The van der Waals surface area contributed by atoms with Crippen LogP contribution in [0.5, 0.6) is 0 Å². The van der Waals surface area contributed by atoms with Crippen LogP contribution in [0.4, 0.5) is 0 Å². The van der Waals surface area contributed by atoms with Gasteiger partial charge in [0, 0.05) is 6.20 Å². The number of nitrogens with zero attached hydrogens (tertiary/aromatic N) is 1. The first-order chi connectivity index (χ1) is 10.2. The van der Waals surface area contributed by atoms with Gasteiger partial charge in [-0.05, 0) is 48.4 Å². The second-order valence-electron chi connectivity index (χ2n) is 5.39. The van der Waals surface area contributed by atoms with Gasteiger partial charge in [-0.25, -0.2) is 4.98 Å². The van der Waals surface area contributed by atoms with E-state index in [1.54, 1.807) is 6.20 Å². The summed E-state index contributed by atoms with van der Waals surface area (Å²) < 4.78 is 0. The van der Waals surface area contributed by atoms with E-state index in [1.807, 2.05) is 6.07 Å². The SMILES string of the molecule is CCCCCc1ccc(CCc2cnc(Cl)c(Cl)c2)cc1. The first kappa shape index (κ1) is 16.3. The Morgan fingerprint density at radius 3 is 2.10 bits per heavy atom. The molecule has 0 saturated carbocycles. The second-order valence-corrected chi connectivity index (χ2v) is 6.16. The summed E-state index contributed by atoms with van der Waals surface area (Å²) in [6, 6.07) is 10.9. The summed E-state index contributed by atoms with van der Waals surface area (Å²) >= 11 is 11.8. The van der Waals surface area contributed by atoms with Crippen molar-refractivity contribution in [2.75, 3.05) is 0 Å². The van der Waals surface area contributed by atoms with Gasteiger partial charge in [0.2, 0.25) is 0 Å². The van der Waals surface area contributed by atoms with Gasteiger partial charge in [0.15, 0.2) is 0 Å². The van der Waals surface area contributed by atoms with Crippen LogP contribution in [-0.2, 0) is 19.3 Å². The number of unbranched alkanes of at least 4 members (excludes halogenated alkanes) is 2. The first-order valence-electron chi connectivity index (χ1n) is 7.56. The molecule has 0 fully saturated rings. The molecule has 0 aliphatic carbocycles. The van der Waals surface area contributed by atoms with Crippen LogP contribution < -0.4 is 0 Å². The van der Waals surface area contributed by atoms with Gasteiger partial charge in [-0.1, -0.05) is 67.2 Å². The Kier molecular flexibility index (Phi) is 6.53. The molecule has 0 aliphatic heterocycles. The fourth-order valence-corrected chi connectivity index (χ4v) is 2.63. The predicted octanol–water partition coefficient (Wildman–Crippen LogP) is 5.91. The Balaban J connectivity index is 1.86. The molecule has 1 heterocycles. The van der Waals surface area contributed by atoms with Crippen molar-refractivity contribution < 1.29 is 0 Å². The molecule has 0 aliphatic rings. The number of aryl methyl sites for hydroxylation is 3. The molecule has 2 rings (SSSR count). The molecule has 3 heteroatoms. The standard InChI is InChI=1S/C18H21Cl2N/c1-2-3-4-5-14-6-8-15(9-7-14)10-11-16-12-17(19)18(20)21-13-16/h6-9,12-13H,2-5,10-11H2,1H3. The number of pyridine rings is 1. The molecule has 0 spiro atoms. The lowest BCUT2D eigenvalue weighted by Gasteiger charge is -2.05. The lowest BCUT2D eigenvalue weighted by Crippen LogP contribution is -1.94. The van der Waals surface area contributed by atoms with Crippen molar-refractivity contribution in [3.05, 3.63) is 63.4 Å². The van der Waals surface area contributed by atoms with Crippen molar-refractivity contribution in [2.45, 2.75) is 45.4 Å². The van der Waals surface area contributed by atoms with E-state index in [1.165, 1.54) is 36.8 Å². The molecule has 0 unspecified atom stereocenters. The number of benzene rings is 1. The monoisotopic (exact) mass is 321 g/mol. The molecular formula is C18H21Cl2N. The molecule has 0 bridgehead atoms. The topological polar surface area (TPSA) is 12.9 Å². The van der Waals surface area contributed by atoms with Crippen LogP contribution >= 0.6 is 23.2 Å². The number of hydrogen-bond acceptors (Lipinski definition) is 1. The highest BCUT2D eigenvalue weighted by Gasteiger charge is 2.02. The van der Waals surface area contributed by atoms with Crippen LogP contribution in [0.15, 0.2) is 36.5 Å². The summed E-state index contributed by atoms with van der Waals surface area (Å²) in [4.78, 5) is 4.08. The van der Waals surface area contributed by atoms with E-state index in [0.29, 0.717) is 10.2 Å². The Labute approximate surface area is 137 Å². The Bertz CT molecular complexity index is 564. The van der Waals surface area contributed by atoms with E-state index >= 15 is 0 Å². The minimum Gasteiger partial charge on any atom is -0.243 e. The Morgan fingerprint density at radius 2 is 1.48 bits per heavy atom. The fourth-order valence-electron chi connectivity index (χ4n) is 2.34. The average Bonchev–Trinajstić information content (AvgIpc) is 2.50. The summed E-state index contributed by atoms with van der Waals surface area (Å²) in [5.41, 5.74) is 3.90. The zero-order valence-electron chi connectivity index (χ0n) is 12.4. The van der Waals surface area contributed by atoms with E-state index < -0.39 is 0 Å². The minimum absolute atomic E-state index is 0.372. The van der Waals surface area contributed by atoms with Crippen molar-refractivity contribution in [1.29, 1.82) is 0 Å². The largest absolute Gasteiger partial charge is 0.243 e. The quantitative estimate of drug-likeness (QED) is 0.456. The van der Waals surface area contributed by atoms with E-state index in [9.17, 15) is 0 Å². The highest BCUT2D eigenvalue weighted by Crippen LogP contribution is 2.20. The van der Waals surface area contributed by atoms with E-state index in [4.69, 9.17) is 23.2 Å². The zero-order chi connectivity index (χ0) is 15.1. The molecule has 21 heavy (non-hydrogen) atoms. The normalized spacial score (nSPS) is 10.8. The van der Waals surface area contributed by atoms with E-state index in [2.05, 4.69) is 36.2 Å². The summed E-state index contributed by atoms with van der Waals surface area (Å²) in [5, 5.41) is 0.900. The second kappa shape index (κ2) is 8.41. The number of hydrogen-bond donors (Lipinski definition) is 0. The highest BCUT2D eigenvalue weighted by molar-refractivity contribution is 6.41. The highest BCUT2D eigenvalue weighted by atomic mass is 35.5. The summed E-state index contributed by atoms with van der Waals surface area (Å²) in [5.74, 6) is 0. The summed E-state index contributed by atoms with van der Waals surface area (Å²) in [6.07, 6.45) is 8.78. The molecular weight excluding hydrogens is 301 g/mol. The third-order valence-electron chi connectivity index (χ3n) is 3.65. The zero-order valence-corrected chi connectivity index (χ0v) is 13.9. The summed E-state index contributed by atoms with van der Waals surface area (Å²) in [7, 11) is 0. The molecule has 0 atom stereocenters. The van der Waals surface area contributed by atoms with Crippen LogP contribution in [0.2, 0.25) is 10.2 Å². The average molecular weight is 322 g/mol. The van der Waals surface area contributed by atoms with Crippen LogP contribution in [0.3, 0.4) is 0 Å². The van der Waals surface area contributed by atoms with Crippen LogP contribution in [0, 0.1) is 0 Å². The van der Waals surface area contributed by atoms with Gasteiger partial charge >= 0.3 is 0 Å². The Morgan fingerprint density at radius 1 is 0.857 bits per heavy atom. The summed E-state index contributed by atoms with van der Waals surface area (Å²) in [6.45, 7) is 2.24. The predicted molar refractivity (Wildman–Crippen MR) is 91.3 cm³/mol. The third-order valence-corrected chi connectivity index (χ3v) is 4.33.